The molecule has 0 rings (SSSR count). The van der Waals surface area contributed by atoms with Crippen LogP contribution in [-0.2, 0) is 9.78 Å². The summed E-state index contributed by atoms with van der Waals surface area (Å²) in [5, 5.41) is 9.46. The van der Waals surface area contributed by atoms with E-state index >= 15 is 0 Å². The van der Waals surface area contributed by atoms with Crippen LogP contribution in [0.15, 0.2) is 0 Å². The number of aliphatic hydroxyl groups is 1. The van der Waals surface area contributed by atoms with E-state index in [-0.39, 0.29) is 5.41 Å². The fraction of sp³-hybridized carbons (Fsp3) is 1.00. The summed E-state index contributed by atoms with van der Waals surface area (Å²) in [6, 6.07) is 0. The van der Waals surface area contributed by atoms with Gasteiger partial charge in [-0.3, -0.25) is 0 Å². The maximum atomic E-state index is 9.46. The summed E-state index contributed by atoms with van der Waals surface area (Å²) < 4.78 is 0. The number of rotatable bonds is 6. The predicted molar refractivity (Wildman–Crippen MR) is 61.2 cm³/mol. The van der Waals surface area contributed by atoms with E-state index < -0.39 is 11.9 Å². The minimum atomic E-state index is -0.813. The van der Waals surface area contributed by atoms with Gasteiger partial charge in [-0.25, -0.2) is 9.78 Å². The standard InChI is InChI=1S/C12H26O3/c1-7-8-9-10(13)14-15-12(5,6)11(2,3)4/h10,13H,7-9H2,1-6H3. The van der Waals surface area contributed by atoms with Crippen molar-refractivity contribution in [3.63, 3.8) is 0 Å². The average Bonchev–Trinajstić information content (AvgIpc) is 2.09. The molecule has 1 N–H and O–H groups in total. The lowest BCUT2D eigenvalue weighted by molar-refractivity contribution is -0.427. The van der Waals surface area contributed by atoms with Crippen LogP contribution in [0.1, 0.15) is 60.8 Å². The Morgan fingerprint density at radius 3 is 2.07 bits per heavy atom. The normalized spacial score (nSPS) is 15.4. The van der Waals surface area contributed by atoms with Crippen LogP contribution >= 0.6 is 0 Å². The summed E-state index contributed by atoms with van der Waals surface area (Å²) in [6.45, 7) is 12.2. The van der Waals surface area contributed by atoms with E-state index in [1.54, 1.807) is 0 Å². The van der Waals surface area contributed by atoms with Gasteiger partial charge < -0.3 is 5.11 Å². The smallest absolute Gasteiger partial charge is 0.188 e. The molecule has 0 aliphatic carbocycles. The molecular formula is C12H26O3. The van der Waals surface area contributed by atoms with Gasteiger partial charge in [-0.05, 0) is 25.7 Å². The monoisotopic (exact) mass is 218 g/mol. The minimum Gasteiger partial charge on any atom is -0.366 e. The quantitative estimate of drug-likeness (QED) is 0.422. The van der Waals surface area contributed by atoms with Crippen LogP contribution < -0.4 is 0 Å². The molecule has 15 heavy (non-hydrogen) atoms. The van der Waals surface area contributed by atoms with Crippen molar-refractivity contribution >= 4 is 0 Å². The molecule has 0 spiro atoms. The molecule has 0 radical (unpaired) electrons. The molecule has 0 aliphatic rings. The Labute approximate surface area is 93.7 Å². The first-order valence-corrected chi connectivity index (χ1v) is 5.73. The van der Waals surface area contributed by atoms with Crippen LogP contribution in [0.3, 0.4) is 0 Å². The highest BCUT2D eigenvalue weighted by atomic mass is 17.2. The third kappa shape index (κ3) is 5.50. The lowest BCUT2D eigenvalue weighted by atomic mass is 9.79. The molecule has 3 heteroatoms. The van der Waals surface area contributed by atoms with E-state index in [1.807, 2.05) is 13.8 Å². The van der Waals surface area contributed by atoms with Gasteiger partial charge >= 0.3 is 0 Å². The van der Waals surface area contributed by atoms with Gasteiger partial charge in [0.15, 0.2) is 6.29 Å². The molecule has 0 aromatic carbocycles. The van der Waals surface area contributed by atoms with Crippen LogP contribution in [0.5, 0.6) is 0 Å². The van der Waals surface area contributed by atoms with Crippen molar-refractivity contribution < 1.29 is 14.9 Å². The topological polar surface area (TPSA) is 38.7 Å². The van der Waals surface area contributed by atoms with Crippen LogP contribution in [0.4, 0.5) is 0 Å². The van der Waals surface area contributed by atoms with Crippen LogP contribution in [0, 0.1) is 5.41 Å². The van der Waals surface area contributed by atoms with Crippen molar-refractivity contribution in [2.75, 3.05) is 0 Å². The molecule has 0 amide bonds. The largest absolute Gasteiger partial charge is 0.366 e. The van der Waals surface area contributed by atoms with Crippen molar-refractivity contribution in [2.45, 2.75) is 72.7 Å². The maximum absolute atomic E-state index is 9.46. The maximum Gasteiger partial charge on any atom is 0.188 e. The van der Waals surface area contributed by atoms with Gasteiger partial charge in [0, 0.05) is 6.42 Å². The number of hydrogen-bond donors (Lipinski definition) is 1. The summed E-state index contributed by atoms with van der Waals surface area (Å²) in [6.07, 6.45) is 1.80. The molecule has 3 nitrogen and oxygen atoms in total. The summed E-state index contributed by atoms with van der Waals surface area (Å²) in [5.41, 5.74) is -0.447. The Hall–Kier alpha value is -0.120. The highest BCUT2D eigenvalue weighted by Gasteiger charge is 2.35. The number of hydrogen-bond acceptors (Lipinski definition) is 3. The molecule has 0 fully saturated rings. The highest BCUT2D eigenvalue weighted by molar-refractivity contribution is 4.82. The van der Waals surface area contributed by atoms with Gasteiger partial charge in [0.2, 0.25) is 0 Å². The van der Waals surface area contributed by atoms with Crippen LogP contribution in [0.25, 0.3) is 0 Å². The second kappa shape index (κ2) is 5.83. The van der Waals surface area contributed by atoms with E-state index in [1.165, 1.54) is 0 Å². The van der Waals surface area contributed by atoms with Crippen molar-refractivity contribution in [3.05, 3.63) is 0 Å². The van der Waals surface area contributed by atoms with Gasteiger partial charge in [-0.2, -0.15) is 0 Å². The molecule has 0 saturated heterocycles. The summed E-state index contributed by atoms with van der Waals surface area (Å²) in [7, 11) is 0. The van der Waals surface area contributed by atoms with Gasteiger partial charge in [0.05, 0.1) is 0 Å². The van der Waals surface area contributed by atoms with Crippen molar-refractivity contribution in [3.8, 4) is 0 Å². The molecule has 1 unspecified atom stereocenters. The van der Waals surface area contributed by atoms with Crippen molar-refractivity contribution in [1.82, 2.24) is 0 Å². The Bertz CT molecular complexity index is 170. The molecule has 92 valence electrons. The van der Waals surface area contributed by atoms with Crippen molar-refractivity contribution in [2.24, 2.45) is 5.41 Å². The van der Waals surface area contributed by atoms with Gasteiger partial charge in [0.1, 0.15) is 5.60 Å². The minimum absolute atomic E-state index is 0.0303. The first kappa shape index (κ1) is 14.9. The van der Waals surface area contributed by atoms with E-state index in [0.29, 0.717) is 6.42 Å². The predicted octanol–water partition coefficient (Wildman–Crippen LogP) is 3.27. The van der Waals surface area contributed by atoms with Crippen molar-refractivity contribution in [1.29, 1.82) is 0 Å². The second-order valence-electron chi connectivity index (χ2n) is 5.54. The Morgan fingerprint density at radius 2 is 1.67 bits per heavy atom. The fourth-order valence-electron chi connectivity index (χ4n) is 0.728. The third-order valence-electron chi connectivity index (χ3n) is 2.98. The number of aliphatic hydroxyl groups excluding tert-OH is 1. The zero-order valence-electron chi connectivity index (χ0n) is 11.0. The zero-order chi connectivity index (χ0) is 12.1. The molecule has 1 atom stereocenters. The molecule has 0 aliphatic heterocycles. The SMILES string of the molecule is CCCCC(O)OOC(C)(C)C(C)(C)C. The summed E-state index contributed by atoms with van der Waals surface area (Å²) in [4.78, 5) is 10.3. The zero-order valence-corrected chi connectivity index (χ0v) is 11.0. The summed E-state index contributed by atoms with van der Waals surface area (Å²) >= 11 is 0. The molecule has 0 bridgehead atoms. The van der Waals surface area contributed by atoms with E-state index in [2.05, 4.69) is 27.7 Å². The lowest BCUT2D eigenvalue weighted by Crippen LogP contribution is -2.40. The highest BCUT2D eigenvalue weighted by Crippen LogP contribution is 2.33. The van der Waals surface area contributed by atoms with E-state index in [0.717, 1.165) is 12.8 Å². The fourth-order valence-corrected chi connectivity index (χ4v) is 0.728. The third-order valence-corrected chi connectivity index (χ3v) is 2.98. The van der Waals surface area contributed by atoms with Crippen LogP contribution in [0.2, 0.25) is 0 Å². The first-order valence-electron chi connectivity index (χ1n) is 5.73. The Balaban J connectivity index is 3.93. The Morgan fingerprint density at radius 1 is 1.13 bits per heavy atom. The van der Waals surface area contributed by atoms with Crippen LogP contribution in [-0.4, -0.2) is 17.0 Å². The first-order chi connectivity index (χ1) is 6.70. The number of unbranched alkanes of at least 4 members (excludes halogenated alkanes) is 1. The van der Waals surface area contributed by atoms with Gasteiger partial charge in [0.25, 0.3) is 0 Å². The average molecular weight is 218 g/mol. The molecule has 0 saturated carbocycles. The molecular weight excluding hydrogens is 192 g/mol. The molecule has 0 heterocycles. The van der Waals surface area contributed by atoms with E-state index in [4.69, 9.17) is 9.78 Å². The van der Waals surface area contributed by atoms with E-state index in [9.17, 15) is 5.11 Å². The molecule has 0 aromatic rings. The second-order valence-corrected chi connectivity index (χ2v) is 5.54. The molecule has 0 aromatic heterocycles. The van der Waals surface area contributed by atoms with Gasteiger partial charge in [-0.1, -0.05) is 34.1 Å². The van der Waals surface area contributed by atoms with Gasteiger partial charge in [-0.15, -0.1) is 0 Å². The summed E-state index contributed by atoms with van der Waals surface area (Å²) in [5.74, 6) is 0. The Kier molecular flexibility index (Phi) is 5.78. The lowest BCUT2D eigenvalue weighted by Gasteiger charge is -2.37.